The number of benzene rings is 1. The number of hydrogen-bond acceptors (Lipinski definition) is 3. The highest BCUT2D eigenvalue weighted by atomic mass is 16.5. The lowest BCUT2D eigenvalue weighted by molar-refractivity contribution is 0.209. The fraction of sp³-hybridized carbons (Fsp3) is 0.368. The maximum atomic E-state index is 12.4. The molecular weight excluding hydrogens is 302 g/mol. The van der Waals surface area contributed by atoms with E-state index in [1.54, 1.807) is 24.3 Å². The van der Waals surface area contributed by atoms with E-state index >= 15 is 0 Å². The molecule has 1 aromatic carbocycles. The van der Waals surface area contributed by atoms with E-state index < -0.39 is 0 Å². The molecule has 1 saturated carbocycles. The van der Waals surface area contributed by atoms with Gasteiger partial charge in [-0.15, -0.1) is 0 Å². The molecule has 0 bridgehead atoms. The van der Waals surface area contributed by atoms with Gasteiger partial charge in [0, 0.05) is 26.0 Å². The van der Waals surface area contributed by atoms with Crippen molar-refractivity contribution < 1.29 is 9.53 Å². The first-order chi connectivity index (χ1) is 11.7. The number of rotatable bonds is 5. The molecule has 1 aliphatic rings. The first-order valence-electron chi connectivity index (χ1n) is 8.39. The van der Waals surface area contributed by atoms with Crippen molar-refractivity contribution in [1.29, 1.82) is 0 Å². The van der Waals surface area contributed by atoms with Gasteiger partial charge >= 0.3 is 6.03 Å². The lowest BCUT2D eigenvalue weighted by Crippen LogP contribution is -2.31. The van der Waals surface area contributed by atoms with E-state index in [0.717, 1.165) is 29.8 Å². The summed E-state index contributed by atoms with van der Waals surface area (Å²) >= 11 is 0. The van der Waals surface area contributed by atoms with Gasteiger partial charge in [-0.25, -0.2) is 4.79 Å². The number of aromatic nitrogens is 1. The number of amides is 2. The molecule has 0 unspecified atom stereocenters. The molecule has 0 atom stereocenters. The fourth-order valence-corrected chi connectivity index (χ4v) is 2.90. The summed E-state index contributed by atoms with van der Waals surface area (Å²) in [6.45, 7) is 0.528. The van der Waals surface area contributed by atoms with Crippen molar-refractivity contribution in [2.45, 2.75) is 38.3 Å². The minimum atomic E-state index is -0.158. The van der Waals surface area contributed by atoms with Crippen LogP contribution in [0.1, 0.15) is 31.2 Å². The molecular formula is C19H23N3O2. The summed E-state index contributed by atoms with van der Waals surface area (Å²) in [6, 6.07) is 11.3. The Morgan fingerprint density at radius 1 is 1.21 bits per heavy atom. The van der Waals surface area contributed by atoms with Gasteiger partial charge in [-0.05, 0) is 55.5 Å². The van der Waals surface area contributed by atoms with Crippen LogP contribution in [0.3, 0.4) is 0 Å². The number of nitrogens with one attached hydrogen (secondary N) is 1. The van der Waals surface area contributed by atoms with Gasteiger partial charge in [-0.1, -0.05) is 12.1 Å². The number of carbonyl (C=O) groups is 1. The molecule has 1 fully saturated rings. The Morgan fingerprint density at radius 2 is 1.92 bits per heavy atom. The van der Waals surface area contributed by atoms with Crippen LogP contribution in [0, 0.1) is 0 Å². The zero-order chi connectivity index (χ0) is 16.8. The van der Waals surface area contributed by atoms with Crippen LogP contribution in [0.2, 0.25) is 0 Å². The zero-order valence-corrected chi connectivity index (χ0v) is 13.9. The SMILES string of the molecule is CN(Cc1ccncc1)C(=O)Nc1ccccc1OC1CCCC1. The minimum absolute atomic E-state index is 0.158. The first kappa shape index (κ1) is 16.3. The molecule has 1 aliphatic carbocycles. The third-order valence-corrected chi connectivity index (χ3v) is 4.24. The molecule has 1 heterocycles. The summed E-state index contributed by atoms with van der Waals surface area (Å²) in [4.78, 5) is 18.1. The van der Waals surface area contributed by atoms with Crippen LogP contribution in [-0.4, -0.2) is 29.1 Å². The van der Waals surface area contributed by atoms with Crippen molar-refractivity contribution in [1.82, 2.24) is 9.88 Å². The monoisotopic (exact) mass is 325 g/mol. The second-order valence-corrected chi connectivity index (χ2v) is 6.16. The van der Waals surface area contributed by atoms with Crippen LogP contribution in [0.15, 0.2) is 48.8 Å². The lowest BCUT2D eigenvalue weighted by atomic mass is 10.2. The summed E-state index contributed by atoms with van der Waals surface area (Å²) in [6.07, 6.45) is 8.32. The average molecular weight is 325 g/mol. The molecule has 1 aromatic heterocycles. The molecule has 0 saturated heterocycles. The highest BCUT2D eigenvalue weighted by Crippen LogP contribution is 2.29. The zero-order valence-electron chi connectivity index (χ0n) is 13.9. The smallest absolute Gasteiger partial charge is 0.321 e. The Kier molecular flexibility index (Phi) is 5.31. The van der Waals surface area contributed by atoms with Crippen molar-refractivity contribution in [2.24, 2.45) is 0 Å². The normalized spacial score (nSPS) is 14.4. The van der Waals surface area contributed by atoms with E-state index in [0.29, 0.717) is 6.54 Å². The van der Waals surface area contributed by atoms with Gasteiger partial charge in [0.1, 0.15) is 5.75 Å². The fourth-order valence-electron chi connectivity index (χ4n) is 2.90. The summed E-state index contributed by atoms with van der Waals surface area (Å²) in [7, 11) is 1.77. The van der Waals surface area contributed by atoms with Crippen molar-refractivity contribution in [3.05, 3.63) is 54.4 Å². The number of anilines is 1. The number of carbonyl (C=O) groups excluding carboxylic acids is 1. The Balaban J connectivity index is 1.63. The molecule has 0 spiro atoms. The van der Waals surface area contributed by atoms with Gasteiger partial charge < -0.3 is 15.0 Å². The third-order valence-electron chi connectivity index (χ3n) is 4.24. The second kappa shape index (κ2) is 7.81. The van der Waals surface area contributed by atoms with E-state index in [-0.39, 0.29) is 12.1 Å². The predicted molar refractivity (Wildman–Crippen MR) is 94.0 cm³/mol. The van der Waals surface area contributed by atoms with Crippen molar-refractivity contribution in [2.75, 3.05) is 12.4 Å². The molecule has 0 aliphatic heterocycles. The van der Waals surface area contributed by atoms with Gasteiger partial charge in [0.25, 0.3) is 0 Å². The summed E-state index contributed by atoms with van der Waals surface area (Å²) in [5.41, 5.74) is 1.76. The highest BCUT2D eigenvalue weighted by Gasteiger charge is 2.19. The van der Waals surface area contributed by atoms with Gasteiger partial charge in [-0.3, -0.25) is 4.98 Å². The van der Waals surface area contributed by atoms with Crippen LogP contribution in [0.5, 0.6) is 5.75 Å². The third kappa shape index (κ3) is 4.25. The van der Waals surface area contributed by atoms with E-state index in [2.05, 4.69) is 10.3 Å². The quantitative estimate of drug-likeness (QED) is 0.901. The van der Waals surface area contributed by atoms with Crippen LogP contribution in [0.25, 0.3) is 0 Å². The number of pyridine rings is 1. The number of para-hydroxylation sites is 2. The molecule has 3 rings (SSSR count). The first-order valence-corrected chi connectivity index (χ1v) is 8.39. The molecule has 2 amide bonds. The Labute approximate surface area is 142 Å². The number of nitrogens with zero attached hydrogens (tertiary/aromatic N) is 2. The average Bonchev–Trinajstić information content (AvgIpc) is 3.10. The Hall–Kier alpha value is -2.56. The van der Waals surface area contributed by atoms with Gasteiger partial charge in [-0.2, -0.15) is 0 Å². The van der Waals surface area contributed by atoms with E-state index in [1.165, 1.54) is 12.8 Å². The molecule has 5 nitrogen and oxygen atoms in total. The summed E-state index contributed by atoms with van der Waals surface area (Å²) < 4.78 is 6.06. The summed E-state index contributed by atoms with van der Waals surface area (Å²) in [5.74, 6) is 0.745. The van der Waals surface area contributed by atoms with Crippen molar-refractivity contribution in [3.63, 3.8) is 0 Å². The molecule has 126 valence electrons. The van der Waals surface area contributed by atoms with Crippen LogP contribution in [0.4, 0.5) is 10.5 Å². The summed E-state index contributed by atoms with van der Waals surface area (Å²) in [5, 5.41) is 2.95. The largest absolute Gasteiger partial charge is 0.488 e. The van der Waals surface area contributed by atoms with Crippen molar-refractivity contribution >= 4 is 11.7 Å². The topological polar surface area (TPSA) is 54.5 Å². The number of urea groups is 1. The standard InChI is InChI=1S/C19H23N3O2/c1-22(14-15-10-12-20-13-11-15)19(23)21-17-8-4-5-9-18(17)24-16-6-2-3-7-16/h4-5,8-13,16H,2-3,6-7,14H2,1H3,(H,21,23). The van der Waals surface area contributed by atoms with Gasteiger partial charge in [0.15, 0.2) is 0 Å². The molecule has 5 heteroatoms. The van der Waals surface area contributed by atoms with Crippen LogP contribution in [-0.2, 0) is 6.54 Å². The maximum Gasteiger partial charge on any atom is 0.321 e. The lowest BCUT2D eigenvalue weighted by Gasteiger charge is -2.20. The molecule has 24 heavy (non-hydrogen) atoms. The van der Waals surface area contributed by atoms with Gasteiger partial charge in [0.05, 0.1) is 11.8 Å². The predicted octanol–water partition coefficient (Wildman–Crippen LogP) is 4.07. The molecule has 2 aromatic rings. The second-order valence-electron chi connectivity index (χ2n) is 6.16. The van der Waals surface area contributed by atoms with E-state index in [4.69, 9.17) is 4.74 Å². The van der Waals surface area contributed by atoms with Crippen LogP contribution < -0.4 is 10.1 Å². The van der Waals surface area contributed by atoms with Crippen molar-refractivity contribution in [3.8, 4) is 5.75 Å². The molecule has 0 radical (unpaired) electrons. The number of ether oxygens (including phenoxy) is 1. The van der Waals surface area contributed by atoms with E-state index in [9.17, 15) is 4.79 Å². The minimum Gasteiger partial charge on any atom is -0.488 e. The highest BCUT2D eigenvalue weighted by molar-refractivity contribution is 5.90. The number of hydrogen-bond donors (Lipinski definition) is 1. The van der Waals surface area contributed by atoms with Crippen LogP contribution >= 0.6 is 0 Å². The van der Waals surface area contributed by atoms with E-state index in [1.807, 2.05) is 36.4 Å². The Morgan fingerprint density at radius 3 is 2.67 bits per heavy atom. The Bertz CT molecular complexity index is 669. The molecule has 1 N–H and O–H groups in total. The maximum absolute atomic E-state index is 12.4. The van der Waals surface area contributed by atoms with Gasteiger partial charge in [0.2, 0.25) is 0 Å².